The number of hydrogen-bond acceptors (Lipinski definition) is 4. The number of hydrogen-bond donors (Lipinski definition) is 2. The van der Waals surface area contributed by atoms with Gasteiger partial charge in [-0.3, -0.25) is 14.4 Å². The van der Waals surface area contributed by atoms with Crippen LogP contribution in [-0.2, 0) is 14.3 Å². The fourth-order valence-electron chi connectivity index (χ4n) is 3.15. The number of carbonyl (C=O) groups excluding carboxylic acids is 2. The average molecular weight is 421 g/mol. The monoisotopic (exact) mass is 420 g/mol. The Kier molecular flexibility index (Phi) is 11.7. The molecule has 1 rings (SSSR count). The standard InChI is InChI=1S/C23H36N2O5/c1-5-6-7-13-25(14-8-15-30-4)23(29)20(11-12-21(26)27)24-22(28)19-10-9-17(2)18(3)16-19/h9-10,16,20H,5-8,11-15H2,1-4H3,(H,24,28)(H,26,27). The molecular weight excluding hydrogens is 384 g/mol. The predicted octanol–water partition coefficient (Wildman–Crippen LogP) is 3.32. The zero-order chi connectivity index (χ0) is 22.5. The summed E-state index contributed by atoms with van der Waals surface area (Å²) >= 11 is 0. The number of carboxylic acid groups (broad SMARTS) is 1. The number of aryl methyl sites for hydroxylation is 2. The third-order valence-electron chi connectivity index (χ3n) is 5.14. The van der Waals surface area contributed by atoms with E-state index in [0.29, 0.717) is 31.7 Å². The van der Waals surface area contributed by atoms with Crippen LogP contribution < -0.4 is 5.32 Å². The van der Waals surface area contributed by atoms with Gasteiger partial charge in [0.25, 0.3) is 5.91 Å². The zero-order valence-corrected chi connectivity index (χ0v) is 18.7. The molecule has 0 saturated heterocycles. The highest BCUT2D eigenvalue weighted by Gasteiger charge is 2.26. The van der Waals surface area contributed by atoms with Gasteiger partial charge in [-0.05, 0) is 56.4 Å². The van der Waals surface area contributed by atoms with Gasteiger partial charge >= 0.3 is 5.97 Å². The third kappa shape index (κ3) is 8.95. The van der Waals surface area contributed by atoms with Crippen LogP contribution in [0.2, 0.25) is 0 Å². The van der Waals surface area contributed by atoms with Crippen molar-refractivity contribution in [2.75, 3.05) is 26.8 Å². The number of carboxylic acids is 1. The Balaban J connectivity index is 2.96. The second-order valence-electron chi connectivity index (χ2n) is 7.64. The molecule has 0 saturated carbocycles. The Labute approximate surface area is 179 Å². The minimum Gasteiger partial charge on any atom is -0.481 e. The summed E-state index contributed by atoms with van der Waals surface area (Å²) in [5.41, 5.74) is 2.52. The lowest BCUT2D eigenvalue weighted by Crippen LogP contribution is -2.49. The van der Waals surface area contributed by atoms with E-state index in [1.807, 2.05) is 19.9 Å². The van der Waals surface area contributed by atoms with Gasteiger partial charge < -0.3 is 20.1 Å². The highest BCUT2D eigenvalue weighted by Crippen LogP contribution is 2.12. The summed E-state index contributed by atoms with van der Waals surface area (Å²) in [5, 5.41) is 11.9. The maximum absolute atomic E-state index is 13.2. The quantitative estimate of drug-likeness (QED) is 0.450. The number of nitrogens with one attached hydrogen (secondary N) is 1. The molecule has 30 heavy (non-hydrogen) atoms. The first-order valence-electron chi connectivity index (χ1n) is 10.7. The van der Waals surface area contributed by atoms with E-state index >= 15 is 0 Å². The molecule has 1 atom stereocenters. The molecule has 0 fully saturated rings. The van der Waals surface area contributed by atoms with Crippen molar-refractivity contribution in [1.82, 2.24) is 10.2 Å². The zero-order valence-electron chi connectivity index (χ0n) is 18.7. The number of unbranched alkanes of at least 4 members (excludes halogenated alkanes) is 2. The summed E-state index contributed by atoms with van der Waals surface area (Å²) < 4.78 is 5.09. The van der Waals surface area contributed by atoms with Crippen molar-refractivity contribution >= 4 is 17.8 Å². The lowest BCUT2D eigenvalue weighted by Gasteiger charge is -2.28. The van der Waals surface area contributed by atoms with E-state index in [2.05, 4.69) is 12.2 Å². The largest absolute Gasteiger partial charge is 0.481 e. The van der Waals surface area contributed by atoms with Crippen molar-refractivity contribution in [2.45, 2.75) is 65.3 Å². The van der Waals surface area contributed by atoms with Gasteiger partial charge in [-0.15, -0.1) is 0 Å². The van der Waals surface area contributed by atoms with Crippen LogP contribution in [0.3, 0.4) is 0 Å². The number of carbonyl (C=O) groups is 3. The van der Waals surface area contributed by atoms with E-state index in [9.17, 15) is 14.4 Å². The van der Waals surface area contributed by atoms with E-state index in [1.165, 1.54) is 0 Å². The van der Waals surface area contributed by atoms with Crippen molar-refractivity contribution in [2.24, 2.45) is 0 Å². The van der Waals surface area contributed by atoms with Gasteiger partial charge in [-0.1, -0.05) is 25.8 Å². The van der Waals surface area contributed by atoms with E-state index in [4.69, 9.17) is 9.84 Å². The van der Waals surface area contributed by atoms with Gasteiger partial charge in [0.15, 0.2) is 0 Å². The van der Waals surface area contributed by atoms with Crippen molar-refractivity contribution in [3.05, 3.63) is 34.9 Å². The fourth-order valence-corrected chi connectivity index (χ4v) is 3.15. The van der Waals surface area contributed by atoms with Gasteiger partial charge in [-0.2, -0.15) is 0 Å². The number of ether oxygens (including phenoxy) is 1. The molecule has 2 amide bonds. The van der Waals surface area contributed by atoms with Gasteiger partial charge in [0.05, 0.1) is 0 Å². The maximum atomic E-state index is 13.2. The summed E-state index contributed by atoms with van der Waals surface area (Å²) in [5.74, 6) is -1.60. The smallest absolute Gasteiger partial charge is 0.303 e. The number of benzene rings is 1. The van der Waals surface area contributed by atoms with Crippen molar-refractivity contribution < 1.29 is 24.2 Å². The van der Waals surface area contributed by atoms with E-state index in [-0.39, 0.29) is 24.7 Å². The SMILES string of the molecule is CCCCCN(CCCOC)C(=O)C(CCC(=O)O)NC(=O)c1ccc(C)c(C)c1. The lowest BCUT2D eigenvalue weighted by atomic mass is 10.0. The molecule has 1 aromatic rings. The molecule has 0 aliphatic carbocycles. The minimum atomic E-state index is -0.995. The normalized spacial score (nSPS) is 11.7. The topological polar surface area (TPSA) is 95.9 Å². The van der Waals surface area contributed by atoms with Crippen LogP contribution in [0.1, 0.15) is 66.9 Å². The highest BCUT2D eigenvalue weighted by atomic mass is 16.5. The summed E-state index contributed by atoms with van der Waals surface area (Å²) in [6, 6.07) is 4.48. The molecular formula is C23H36N2O5. The minimum absolute atomic E-state index is 0.0549. The Morgan fingerprint density at radius 1 is 1.10 bits per heavy atom. The molecule has 0 bridgehead atoms. The van der Waals surface area contributed by atoms with Crippen LogP contribution in [-0.4, -0.2) is 60.6 Å². The van der Waals surface area contributed by atoms with Crippen LogP contribution >= 0.6 is 0 Å². The number of rotatable bonds is 14. The summed E-state index contributed by atoms with van der Waals surface area (Å²) in [6.07, 6.45) is 3.45. The third-order valence-corrected chi connectivity index (χ3v) is 5.14. The number of aliphatic carboxylic acids is 1. The molecule has 0 heterocycles. The predicted molar refractivity (Wildman–Crippen MR) is 117 cm³/mol. The fraction of sp³-hybridized carbons (Fsp3) is 0.609. The first-order valence-corrected chi connectivity index (χ1v) is 10.7. The van der Waals surface area contributed by atoms with Crippen LogP contribution in [0.5, 0.6) is 0 Å². The molecule has 0 spiro atoms. The molecule has 7 nitrogen and oxygen atoms in total. The van der Waals surface area contributed by atoms with E-state index < -0.39 is 12.0 Å². The van der Waals surface area contributed by atoms with Gasteiger partial charge in [-0.25, -0.2) is 0 Å². The first kappa shape index (κ1) is 25.6. The van der Waals surface area contributed by atoms with Crippen LogP contribution in [0.25, 0.3) is 0 Å². The average Bonchev–Trinajstić information content (AvgIpc) is 2.71. The number of methoxy groups -OCH3 is 1. The summed E-state index contributed by atoms with van der Waals surface area (Å²) in [4.78, 5) is 38.8. The Bertz CT molecular complexity index is 695. The number of amides is 2. The van der Waals surface area contributed by atoms with Crippen molar-refractivity contribution in [1.29, 1.82) is 0 Å². The Morgan fingerprint density at radius 3 is 2.40 bits per heavy atom. The Hall–Kier alpha value is -2.41. The van der Waals surface area contributed by atoms with E-state index in [1.54, 1.807) is 24.1 Å². The Morgan fingerprint density at radius 2 is 1.80 bits per heavy atom. The number of nitrogens with zero attached hydrogens (tertiary/aromatic N) is 1. The lowest BCUT2D eigenvalue weighted by molar-refractivity contribution is -0.138. The molecule has 0 aliphatic heterocycles. The molecule has 0 aromatic heterocycles. The molecule has 1 aromatic carbocycles. The molecule has 0 aliphatic rings. The van der Waals surface area contributed by atoms with Crippen molar-refractivity contribution in [3.8, 4) is 0 Å². The van der Waals surface area contributed by atoms with Crippen LogP contribution in [0.4, 0.5) is 0 Å². The highest BCUT2D eigenvalue weighted by molar-refractivity contribution is 5.97. The van der Waals surface area contributed by atoms with Crippen molar-refractivity contribution in [3.63, 3.8) is 0 Å². The second-order valence-corrected chi connectivity index (χ2v) is 7.64. The summed E-state index contributed by atoms with van der Waals surface area (Å²) in [6.45, 7) is 7.61. The molecule has 2 N–H and O–H groups in total. The summed E-state index contributed by atoms with van der Waals surface area (Å²) in [7, 11) is 1.61. The maximum Gasteiger partial charge on any atom is 0.303 e. The first-order chi connectivity index (χ1) is 14.3. The van der Waals surface area contributed by atoms with Crippen LogP contribution in [0, 0.1) is 13.8 Å². The second kappa shape index (κ2) is 13.7. The molecule has 1 unspecified atom stereocenters. The van der Waals surface area contributed by atoms with Gasteiger partial charge in [0.2, 0.25) is 5.91 Å². The molecule has 168 valence electrons. The van der Waals surface area contributed by atoms with Gasteiger partial charge in [0, 0.05) is 38.8 Å². The van der Waals surface area contributed by atoms with Gasteiger partial charge in [0.1, 0.15) is 6.04 Å². The molecule has 7 heteroatoms. The van der Waals surface area contributed by atoms with Crippen LogP contribution in [0.15, 0.2) is 18.2 Å². The molecule has 0 radical (unpaired) electrons. The van der Waals surface area contributed by atoms with E-state index in [0.717, 1.165) is 30.4 Å².